The number of fused-ring (bicyclic) bond motifs is 1. The van der Waals surface area contributed by atoms with E-state index >= 15 is 0 Å². The van der Waals surface area contributed by atoms with Crippen molar-refractivity contribution >= 4 is 39.9 Å². The average molecular weight is 609 g/mol. The molecule has 2 heterocycles. The first-order valence-corrected chi connectivity index (χ1v) is 15.4. The van der Waals surface area contributed by atoms with Crippen molar-refractivity contribution in [2.75, 3.05) is 25.3 Å². The van der Waals surface area contributed by atoms with Crippen LogP contribution in [0.25, 0.3) is 0 Å². The molecule has 0 bridgehead atoms. The molecule has 2 aromatic heterocycles. The minimum Gasteiger partial charge on any atom is -0.493 e. The Balaban J connectivity index is 1.39. The van der Waals surface area contributed by atoms with E-state index < -0.39 is 0 Å². The van der Waals surface area contributed by atoms with E-state index in [1.165, 1.54) is 42.2 Å². The van der Waals surface area contributed by atoms with E-state index in [9.17, 15) is 14.9 Å². The summed E-state index contributed by atoms with van der Waals surface area (Å²) >= 11 is 2.75. The van der Waals surface area contributed by atoms with Gasteiger partial charge in [-0.1, -0.05) is 38.6 Å². The fourth-order valence-corrected chi connectivity index (χ4v) is 6.99. The van der Waals surface area contributed by atoms with Crippen molar-refractivity contribution < 1.29 is 19.1 Å². The highest BCUT2D eigenvalue weighted by Crippen LogP contribution is 2.44. The van der Waals surface area contributed by atoms with Gasteiger partial charge in [0.1, 0.15) is 11.1 Å². The molecule has 0 spiro atoms. The van der Waals surface area contributed by atoms with Crippen molar-refractivity contribution in [1.29, 1.82) is 5.26 Å². The average Bonchev–Trinajstić information content (AvgIpc) is 3.53. The Morgan fingerprint density at radius 2 is 2.02 bits per heavy atom. The highest BCUT2D eigenvalue weighted by molar-refractivity contribution is 7.99. The van der Waals surface area contributed by atoms with Gasteiger partial charge in [0.25, 0.3) is 5.91 Å². The van der Waals surface area contributed by atoms with E-state index in [2.05, 4.69) is 54.3 Å². The van der Waals surface area contributed by atoms with E-state index in [0.29, 0.717) is 51.1 Å². The summed E-state index contributed by atoms with van der Waals surface area (Å²) in [6, 6.07) is 7.24. The first-order chi connectivity index (χ1) is 20.1. The Morgan fingerprint density at radius 1 is 1.26 bits per heavy atom. The van der Waals surface area contributed by atoms with Crippen LogP contribution in [0.15, 0.2) is 36.0 Å². The van der Waals surface area contributed by atoms with E-state index in [4.69, 9.17) is 9.47 Å². The Hall–Kier alpha value is -3.82. The van der Waals surface area contributed by atoms with Gasteiger partial charge in [-0.25, -0.2) is 0 Å². The number of carbonyl (C=O) groups excluding carboxylic acids is 2. The van der Waals surface area contributed by atoms with E-state index in [1.54, 1.807) is 28.8 Å². The van der Waals surface area contributed by atoms with Crippen molar-refractivity contribution in [2.24, 2.45) is 11.3 Å². The number of allylic oxidation sites excluding steroid dienone is 1. The number of aromatic nitrogens is 3. The molecule has 1 aromatic carbocycles. The molecule has 4 rings (SSSR count). The number of methoxy groups -OCH3 is 2. The molecule has 0 unspecified atom stereocenters. The minimum atomic E-state index is -0.307. The predicted molar refractivity (Wildman–Crippen MR) is 164 cm³/mol. The van der Waals surface area contributed by atoms with Crippen LogP contribution in [-0.4, -0.2) is 46.6 Å². The summed E-state index contributed by atoms with van der Waals surface area (Å²) < 4.78 is 12.3. The van der Waals surface area contributed by atoms with Crippen LogP contribution in [0.3, 0.4) is 0 Å². The summed E-state index contributed by atoms with van der Waals surface area (Å²) in [5.41, 5.74) is 2.27. The number of rotatable bonds is 11. The van der Waals surface area contributed by atoms with Gasteiger partial charge < -0.3 is 24.7 Å². The molecule has 2 amide bonds. The maximum atomic E-state index is 12.9. The number of anilines is 1. The lowest BCUT2D eigenvalue weighted by Gasteiger charge is -2.33. The Labute approximate surface area is 254 Å². The molecule has 0 saturated heterocycles. The quantitative estimate of drug-likeness (QED) is 0.224. The third kappa shape index (κ3) is 6.97. The second kappa shape index (κ2) is 13.4. The lowest BCUT2D eigenvalue weighted by molar-refractivity contribution is -0.113. The largest absolute Gasteiger partial charge is 0.493 e. The number of nitrogens with zero attached hydrogens (tertiary/aromatic N) is 4. The number of thiophene rings is 1. The monoisotopic (exact) mass is 608 g/mol. The third-order valence-electron chi connectivity index (χ3n) is 7.35. The van der Waals surface area contributed by atoms with Crippen LogP contribution in [0.1, 0.15) is 59.4 Å². The molecule has 0 fully saturated rings. The van der Waals surface area contributed by atoms with Gasteiger partial charge in [-0.05, 0) is 54.4 Å². The summed E-state index contributed by atoms with van der Waals surface area (Å²) in [7, 11) is 3.04. The van der Waals surface area contributed by atoms with Crippen LogP contribution in [-0.2, 0) is 30.7 Å². The molecule has 42 heavy (non-hydrogen) atoms. The molecule has 0 saturated carbocycles. The normalized spacial score (nSPS) is 14.4. The second-order valence-corrected chi connectivity index (χ2v) is 13.1. The summed E-state index contributed by atoms with van der Waals surface area (Å²) in [5, 5.41) is 25.3. The van der Waals surface area contributed by atoms with Crippen molar-refractivity contribution in [3.05, 3.63) is 58.2 Å². The van der Waals surface area contributed by atoms with Crippen LogP contribution in [0, 0.1) is 22.7 Å². The summed E-state index contributed by atoms with van der Waals surface area (Å²) in [4.78, 5) is 26.9. The number of thioether (sulfide) groups is 1. The number of hydrogen-bond acceptors (Lipinski definition) is 9. The number of carbonyl (C=O) groups is 2. The predicted octanol–water partition coefficient (Wildman–Crippen LogP) is 5.23. The topological polar surface area (TPSA) is 131 Å². The zero-order valence-electron chi connectivity index (χ0n) is 24.6. The molecule has 1 aliphatic carbocycles. The molecule has 0 aliphatic heterocycles. The lowest BCUT2D eigenvalue weighted by Crippen LogP contribution is -2.26. The van der Waals surface area contributed by atoms with E-state index in [1.807, 2.05) is 0 Å². The lowest BCUT2D eigenvalue weighted by atomic mass is 9.72. The van der Waals surface area contributed by atoms with Gasteiger partial charge in [-0.15, -0.1) is 28.1 Å². The van der Waals surface area contributed by atoms with Gasteiger partial charge >= 0.3 is 0 Å². The van der Waals surface area contributed by atoms with Gasteiger partial charge in [0.2, 0.25) is 5.91 Å². The van der Waals surface area contributed by atoms with Gasteiger partial charge in [-0.3, -0.25) is 9.59 Å². The smallest absolute Gasteiger partial charge is 0.251 e. The van der Waals surface area contributed by atoms with Crippen LogP contribution in [0.4, 0.5) is 5.00 Å². The Morgan fingerprint density at radius 3 is 2.69 bits per heavy atom. The molecule has 12 heteroatoms. The number of benzene rings is 1. The van der Waals surface area contributed by atoms with Gasteiger partial charge in [-0.2, -0.15) is 5.26 Å². The first kappa shape index (κ1) is 31.1. The fraction of sp³-hybridized carbons (Fsp3) is 0.433. The standard InChI is InChI=1S/C30H36N6O4S2/c1-7-12-36-25(16-32-27(38)18-8-11-22(39-5)23(13-18)40-6)34-35-29(36)41-17-26(37)33-28-21(15-31)20-10-9-19(30(2,3)4)14-24(20)42-28/h7-8,11,13,19H,1,9-10,12,14,16-17H2,2-6H3,(H,32,38)(H,33,37)/t19-/m0/s1. The van der Waals surface area contributed by atoms with Gasteiger partial charge in [0.15, 0.2) is 22.5 Å². The van der Waals surface area contributed by atoms with Crippen molar-refractivity contribution in [3.63, 3.8) is 0 Å². The molecule has 222 valence electrons. The van der Waals surface area contributed by atoms with E-state index in [0.717, 1.165) is 24.8 Å². The third-order valence-corrected chi connectivity index (χ3v) is 9.48. The number of ether oxygens (including phenoxy) is 2. The molecule has 1 aliphatic rings. The number of nitrogens with one attached hydrogen (secondary N) is 2. The van der Waals surface area contributed by atoms with Crippen LogP contribution < -0.4 is 20.1 Å². The van der Waals surface area contributed by atoms with Gasteiger partial charge in [0, 0.05) is 17.0 Å². The van der Waals surface area contributed by atoms with Crippen molar-refractivity contribution in [2.45, 2.75) is 58.3 Å². The van der Waals surface area contributed by atoms with Crippen LogP contribution >= 0.6 is 23.1 Å². The zero-order valence-corrected chi connectivity index (χ0v) is 26.2. The Bertz CT molecular complexity index is 1510. The summed E-state index contributed by atoms with van der Waals surface area (Å²) in [5.74, 6) is 1.61. The van der Waals surface area contributed by atoms with Crippen molar-refractivity contribution in [3.8, 4) is 17.6 Å². The molecule has 1 atom stereocenters. The number of hydrogen-bond donors (Lipinski definition) is 2. The Kier molecular flexibility index (Phi) is 9.96. The van der Waals surface area contributed by atoms with Crippen LogP contribution in [0.2, 0.25) is 0 Å². The first-order valence-electron chi connectivity index (χ1n) is 13.6. The van der Waals surface area contributed by atoms with Crippen LogP contribution in [0.5, 0.6) is 11.5 Å². The maximum Gasteiger partial charge on any atom is 0.251 e. The number of amides is 2. The molecule has 3 aromatic rings. The second-order valence-electron chi connectivity index (χ2n) is 11.0. The summed E-state index contributed by atoms with van der Waals surface area (Å²) in [6.07, 6.45) is 4.53. The fourth-order valence-electron chi connectivity index (χ4n) is 4.93. The summed E-state index contributed by atoms with van der Waals surface area (Å²) in [6.45, 7) is 11.1. The minimum absolute atomic E-state index is 0.0886. The van der Waals surface area contributed by atoms with E-state index in [-0.39, 0.29) is 29.5 Å². The molecule has 2 N–H and O–H groups in total. The zero-order chi connectivity index (χ0) is 30.4. The SMILES string of the molecule is C=CCn1c(CNC(=O)c2ccc(OC)c(OC)c2)nnc1SCC(=O)Nc1sc2c(c1C#N)CC[C@H](C(C)(C)C)C2. The maximum absolute atomic E-state index is 12.9. The highest BCUT2D eigenvalue weighted by Gasteiger charge is 2.32. The molecule has 10 nitrogen and oxygen atoms in total. The highest BCUT2D eigenvalue weighted by atomic mass is 32.2. The number of nitriles is 1. The molecular formula is C30H36N6O4S2. The van der Waals surface area contributed by atoms with Crippen molar-refractivity contribution in [1.82, 2.24) is 20.1 Å². The van der Waals surface area contributed by atoms with Gasteiger partial charge in [0.05, 0.1) is 32.1 Å². The molecule has 0 radical (unpaired) electrons. The molecular weight excluding hydrogens is 573 g/mol.